The SMILES string of the molecule is C=CC(=O)Nc1cc(Nc2nccc(Nc3ccccc3C(N)=O)n2)c(OC)cc1N(C)CCN(C)C. The van der Waals surface area contributed by atoms with Crippen molar-refractivity contribution in [1.82, 2.24) is 14.9 Å². The van der Waals surface area contributed by atoms with Crippen LogP contribution in [0.4, 0.5) is 34.5 Å². The first kappa shape index (κ1) is 27.0. The number of aromatic nitrogens is 2. The molecular weight excluding hydrogens is 472 g/mol. The summed E-state index contributed by atoms with van der Waals surface area (Å²) in [6.45, 7) is 5.09. The monoisotopic (exact) mass is 504 g/mol. The summed E-state index contributed by atoms with van der Waals surface area (Å²) in [6.07, 6.45) is 2.78. The van der Waals surface area contributed by atoms with Gasteiger partial charge in [-0.2, -0.15) is 4.98 Å². The first-order valence-electron chi connectivity index (χ1n) is 11.5. The van der Waals surface area contributed by atoms with Gasteiger partial charge < -0.3 is 36.2 Å². The number of hydrogen-bond donors (Lipinski definition) is 4. The number of nitrogens with one attached hydrogen (secondary N) is 3. The van der Waals surface area contributed by atoms with Crippen molar-refractivity contribution in [2.45, 2.75) is 0 Å². The lowest BCUT2D eigenvalue weighted by Gasteiger charge is -2.26. The van der Waals surface area contributed by atoms with Crippen molar-refractivity contribution < 1.29 is 14.3 Å². The number of nitrogens with two attached hydrogens (primary N) is 1. The summed E-state index contributed by atoms with van der Waals surface area (Å²) in [5, 5.41) is 9.11. The largest absolute Gasteiger partial charge is 0.494 e. The molecule has 0 saturated carbocycles. The van der Waals surface area contributed by atoms with Gasteiger partial charge in [0, 0.05) is 32.4 Å². The molecule has 0 aliphatic rings. The van der Waals surface area contributed by atoms with Crippen molar-refractivity contribution in [1.29, 1.82) is 0 Å². The molecule has 0 aliphatic carbocycles. The fourth-order valence-corrected chi connectivity index (χ4v) is 3.46. The third kappa shape index (κ3) is 7.18. The van der Waals surface area contributed by atoms with Gasteiger partial charge in [0.05, 0.1) is 35.4 Å². The molecule has 3 rings (SSSR count). The second-order valence-corrected chi connectivity index (χ2v) is 8.41. The summed E-state index contributed by atoms with van der Waals surface area (Å²) in [5.41, 5.74) is 8.23. The van der Waals surface area contributed by atoms with Gasteiger partial charge in [0.25, 0.3) is 5.91 Å². The standard InChI is InChI=1S/C26H32N8O3/c1-6-24(35)30-19-15-20(22(37-5)16-21(19)34(4)14-13-33(2)3)31-26-28-12-11-23(32-26)29-18-10-8-7-9-17(18)25(27)36/h6-12,15-16H,1,13-14H2,2-5H3,(H2,27,36)(H,30,35)(H2,28,29,31,32). The molecule has 0 spiro atoms. The lowest BCUT2D eigenvalue weighted by atomic mass is 10.1. The number of likely N-dealkylation sites (N-methyl/N-ethyl adjacent to an activating group) is 2. The first-order valence-corrected chi connectivity index (χ1v) is 11.5. The Bertz CT molecular complexity index is 1280. The maximum Gasteiger partial charge on any atom is 0.250 e. The zero-order valence-electron chi connectivity index (χ0n) is 21.4. The van der Waals surface area contributed by atoms with Crippen LogP contribution in [0.5, 0.6) is 5.75 Å². The second kappa shape index (κ2) is 12.4. The zero-order valence-corrected chi connectivity index (χ0v) is 21.4. The first-order chi connectivity index (χ1) is 17.7. The smallest absolute Gasteiger partial charge is 0.250 e. The number of carbonyl (C=O) groups is 2. The Morgan fingerprint density at radius 1 is 1.05 bits per heavy atom. The van der Waals surface area contributed by atoms with Gasteiger partial charge in [-0.15, -0.1) is 0 Å². The number of nitrogens with zero attached hydrogens (tertiary/aromatic N) is 4. The van der Waals surface area contributed by atoms with E-state index < -0.39 is 5.91 Å². The van der Waals surface area contributed by atoms with Crippen molar-refractivity contribution >= 4 is 46.3 Å². The molecule has 0 saturated heterocycles. The van der Waals surface area contributed by atoms with Crippen molar-refractivity contribution in [3.63, 3.8) is 0 Å². The molecule has 0 radical (unpaired) electrons. The second-order valence-electron chi connectivity index (χ2n) is 8.41. The molecule has 0 bridgehead atoms. The van der Waals surface area contributed by atoms with E-state index in [-0.39, 0.29) is 11.9 Å². The van der Waals surface area contributed by atoms with Gasteiger partial charge >= 0.3 is 0 Å². The van der Waals surface area contributed by atoms with Crippen LogP contribution in [0.1, 0.15) is 10.4 Å². The van der Waals surface area contributed by atoms with Gasteiger partial charge in [0.15, 0.2) is 0 Å². The van der Waals surface area contributed by atoms with Gasteiger partial charge in [-0.3, -0.25) is 9.59 Å². The molecule has 0 unspecified atom stereocenters. The number of amides is 2. The van der Waals surface area contributed by atoms with Crippen molar-refractivity contribution in [3.8, 4) is 5.75 Å². The molecule has 3 aromatic rings. The summed E-state index contributed by atoms with van der Waals surface area (Å²) in [4.78, 5) is 36.8. The van der Waals surface area contributed by atoms with E-state index in [4.69, 9.17) is 10.5 Å². The molecular formula is C26H32N8O3. The van der Waals surface area contributed by atoms with Crippen LogP contribution in [-0.2, 0) is 4.79 Å². The Hall–Kier alpha value is -4.64. The number of hydrogen-bond acceptors (Lipinski definition) is 9. The summed E-state index contributed by atoms with van der Waals surface area (Å²) in [5.74, 6) is 0.364. The zero-order chi connectivity index (χ0) is 26.9. The van der Waals surface area contributed by atoms with Crippen LogP contribution in [0.3, 0.4) is 0 Å². The third-order valence-electron chi connectivity index (χ3n) is 5.41. The summed E-state index contributed by atoms with van der Waals surface area (Å²) >= 11 is 0. The minimum atomic E-state index is -0.551. The van der Waals surface area contributed by atoms with Crippen LogP contribution < -0.4 is 31.3 Å². The molecule has 0 fully saturated rings. The minimum absolute atomic E-state index is 0.273. The van der Waals surface area contributed by atoms with Gasteiger partial charge in [-0.1, -0.05) is 18.7 Å². The van der Waals surface area contributed by atoms with E-state index in [1.165, 1.54) is 6.08 Å². The van der Waals surface area contributed by atoms with Crippen LogP contribution in [-0.4, -0.2) is 68.0 Å². The molecule has 2 amide bonds. The number of carbonyl (C=O) groups excluding carboxylic acids is 2. The van der Waals surface area contributed by atoms with E-state index in [1.54, 1.807) is 49.7 Å². The minimum Gasteiger partial charge on any atom is -0.494 e. The predicted molar refractivity (Wildman–Crippen MR) is 147 cm³/mol. The quantitative estimate of drug-likeness (QED) is 0.274. The highest BCUT2D eigenvalue weighted by Gasteiger charge is 2.17. The number of para-hydroxylation sites is 1. The fraction of sp³-hybridized carbons (Fsp3) is 0.231. The lowest BCUT2D eigenvalue weighted by Crippen LogP contribution is -2.29. The molecule has 2 aromatic carbocycles. The highest BCUT2D eigenvalue weighted by atomic mass is 16.5. The van der Waals surface area contributed by atoms with E-state index in [0.29, 0.717) is 34.2 Å². The predicted octanol–water partition coefficient (Wildman–Crippen LogP) is 3.19. The van der Waals surface area contributed by atoms with E-state index in [0.717, 1.165) is 18.8 Å². The molecule has 0 atom stereocenters. The average molecular weight is 505 g/mol. The van der Waals surface area contributed by atoms with E-state index in [9.17, 15) is 9.59 Å². The Morgan fingerprint density at radius 2 is 1.81 bits per heavy atom. The fourth-order valence-electron chi connectivity index (χ4n) is 3.46. The maximum atomic E-state index is 12.2. The van der Waals surface area contributed by atoms with Gasteiger partial charge in [-0.25, -0.2) is 4.98 Å². The molecule has 0 aliphatic heterocycles. The average Bonchev–Trinajstić information content (AvgIpc) is 2.87. The van der Waals surface area contributed by atoms with Crippen LogP contribution >= 0.6 is 0 Å². The third-order valence-corrected chi connectivity index (χ3v) is 5.41. The van der Waals surface area contributed by atoms with Crippen molar-refractivity contribution in [2.75, 3.05) is 62.2 Å². The summed E-state index contributed by atoms with van der Waals surface area (Å²) < 4.78 is 5.63. The number of ether oxygens (including phenoxy) is 1. The lowest BCUT2D eigenvalue weighted by molar-refractivity contribution is -0.111. The van der Waals surface area contributed by atoms with E-state index in [1.807, 2.05) is 32.1 Å². The van der Waals surface area contributed by atoms with E-state index in [2.05, 4.69) is 37.4 Å². The number of benzene rings is 2. The van der Waals surface area contributed by atoms with Crippen LogP contribution in [0.15, 0.2) is 61.3 Å². The molecule has 1 heterocycles. The number of anilines is 6. The number of primary amides is 1. The molecule has 5 N–H and O–H groups in total. The highest BCUT2D eigenvalue weighted by Crippen LogP contribution is 2.38. The Kier molecular flexibility index (Phi) is 9.00. The Morgan fingerprint density at radius 3 is 2.49 bits per heavy atom. The van der Waals surface area contributed by atoms with Gasteiger partial charge in [0.2, 0.25) is 11.9 Å². The molecule has 11 nitrogen and oxygen atoms in total. The van der Waals surface area contributed by atoms with Crippen molar-refractivity contribution in [3.05, 3.63) is 66.9 Å². The van der Waals surface area contributed by atoms with Crippen LogP contribution in [0.25, 0.3) is 0 Å². The Labute approximate surface area is 216 Å². The molecule has 11 heteroatoms. The summed E-state index contributed by atoms with van der Waals surface area (Å²) in [6, 6.07) is 12.1. The molecule has 1 aromatic heterocycles. The highest BCUT2D eigenvalue weighted by molar-refractivity contribution is 6.02. The number of rotatable bonds is 12. The molecule has 37 heavy (non-hydrogen) atoms. The van der Waals surface area contributed by atoms with Gasteiger partial charge in [0.1, 0.15) is 11.6 Å². The Balaban J connectivity index is 1.93. The van der Waals surface area contributed by atoms with Crippen molar-refractivity contribution in [2.24, 2.45) is 5.73 Å². The van der Waals surface area contributed by atoms with Gasteiger partial charge in [-0.05, 0) is 44.4 Å². The summed E-state index contributed by atoms with van der Waals surface area (Å²) in [7, 11) is 7.50. The molecule has 194 valence electrons. The topological polar surface area (TPSA) is 138 Å². The maximum absolute atomic E-state index is 12.2. The normalized spacial score (nSPS) is 10.5. The van der Waals surface area contributed by atoms with Crippen LogP contribution in [0, 0.1) is 0 Å². The van der Waals surface area contributed by atoms with Crippen LogP contribution in [0.2, 0.25) is 0 Å². The number of methoxy groups -OCH3 is 1. The van der Waals surface area contributed by atoms with E-state index >= 15 is 0 Å².